The maximum absolute atomic E-state index is 12.3. The normalized spacial score (nSPS) is 16.9. The van der Waals surface area contributed by atoms with E-state index in [4.69, 9.17) is 9.47 Å². The van der Waals surface area contributed by atoms with Crippen LogP contribution < -0.4 is 14.8 Å². The van der Waals surface area contributed by atoms with Crippen LogP contribution in [-0.2, 0) is 4.79 Å². The molecule has 0 atom stereocenters. The highest BCUT2D eigenvalue weighted by Gasteiger charge is 2.44. The second-order valence-electron chi connectivity index (χ2n) is 6.77. The number of amides is 1. The topological polar surface area (TPSA) is 60.5 Å². The molecule has 1 fully saturated rings. The summed E-state index contributed by atoms with van der Waals surface area (Å²) < 4.78 is 14.1. The summed E-state index contributed by atoms with van der Waals surface area (Å²) in [6, 6.07) is 13.6. The summed E-state index contributed by atoms with van der Waals surface area (Å²) in [6.45, 7) is 0. The molecule has 1 aliphatic carbocycles. The molecule has 0 bridgehead atoms. The third kappa shape index (κ3) is 3.37. The van der Waals surface area contributed by atoms with Crippen molar-refractivity contribution < 1.29 is 14.3 Å². The van der Waals surface area contributed by atoms with Crippen LogP contribution in [0.3, 0.4) is 0 Å². The Morgan fingerprint density at radius 1 is 1.15 bits per heavy atom. The zero-order valence-corrected chi connectivity index (χ0v) is 16.2. The fourth-order valence-electron chi connectivity index (χ4n) is 3.53. The predicted molar refractivity (Wildman–Crippen MR) is 108 cm³/mol. The highest BCUT2D eigenvalue weighted by Crippen LogP contribution is 2.47. The van der Waals surface area contributed by atoms with Crippen molar-refractivity contribution in [2.24, 2.45) is 0 Å². The highest BCUT2D eigenvalue weighted by atomic mass is 32.2. The van der Waals surface area contributed by atoms with Gasteiger partial charge in [0.25, 0.3) is 5.79 Å². The van der Waals surface area contributed by atoms with Gasteiger partial charge in [0.1, 0.15) is 0 Å². The lowest BCUT2D eigenvalue weighted by Gasteiger charge is -2.21. The number of ether oxygens (including phenoxy) is 2. The zero-order valence-electron chi connectivity index (χ0n) is 14.6. The minimum Gasteiger partial charge on any atom is -0.448 e. The maximum atomic E-state index is 12.3. The molecule has 2 aromatic carbocycles. The third-order valence-electron chi connectivity index (χ3n) is 4.79. The Hall–Kier alpha value is -2.25. The first-order valence-electron chi connectivity index (χ1n) is 8.99. The van der Waals surface area contributed by atoms with Crippen LogP contribution in [0.25, 0.3) is 10.2 Å². The number of rotatable bonds is 4. The number of thioether (sulfide) groups is 1. The first-order chi connectivity index (χ1) is 13.2. The standard InChI is InChI=1S/C20H18N2O3S2/c23-18(12-26-19-22-14-5-1-2-6-17(14)27-19)21-13-7-8-15-16(11-13)25-20(24-15)9-3-4-10-20/h1-2,5-8,11H,3-4,9-10,12H2,(H,21,23). The molecule has 1 aromatic heterocycles. The molecule has 1 aliphatic heterocycles. The molecule has 1 spiro atoms. The summed E-state index contributed by atoms with van der Waals surface area (Å²) in [5.74, 6) is 1.26. The Kier molecular flexibility index (Phi) is 4.21. The van der Waals surface area contributed by atoms with Gasteiger partial charge in [-0.25, -0.2) is 4.98 Å². The van der Waals surface area contributed by atoms with Crippen LogP contribution in [0.2, 0.25) is 0 Å². The number of carbonyl (C=O) groups is 1. The van der Waals surface area contributed by atoms with Crippen LogP contribution in [0, 0.1) is 0 Å². The molecular weight excluding hydrogens is 380 g/mol. The molecule has 27 heavy (non-hydrogen) atoms. The van der Waals surface area contributed by atoms with Crippen molar-refractivity contribution in [3.63, 3.8) is 0 Å². The van der Waals surface area contributed by atoms with Crippen LogP contribution in [0.1, 0.15) is 25.7 Å². The van der Waals surface area contributed by atoms with E-state index >= 15 is 0 Å². The largest absolute Gasteiger partial charge is 0.448 e. The Morgan fingerprint density at radius 2 is 1.96 bits per heavy atom. The number of para-hydroxylation sites is 1. The third-order valence-corrected chi connectivity index (χ3v) is 6.97. The van der Waals surface area contributed by atoms with E-state index in [-0.39, 0.29) is 5.91 Å². The number of aromatic nitrogens is 1. The minimum atomic E-state index is -0.479. The summed E-state index contributed by atoms with van der Waals surface area (Å²) in [4.78, 5) is 16.9. The summed E-state index contributed by atoms with van der Waals surface area (Å²) in [5, 5.41) is 2.94. The van der Waals surface area contributed by atoms with Crippen molar-refractivity contribution >= 4 is 44.9 Å². The quantitative estimate of drug-likeness (QED) is 0.622. The van der Waals surface area contributed by atoms with E-state index in [0.717, 1.165) is 51.7 Å². The molecule has 5 nitrogen and oxygen atoms in total. The first-order valence-corrected chi connectivity index (χ1v) is 10.8. The predicted octanol–water partition coefficient (Wildman–Crippen LogP) is 5.07. The molecule has 138 valence electrons. The van der Waals surface area contributed by atoms with E-state index < -0.39 is 5.79 Å². The summed E-state index contributed by atoms with van der Waals surface area (Å²) >= 11 is 3.06. The zero-order chi connectivity index (χ0) is 18.3. The van der Waals surface area contributed by atoms with E-state index in [1.807, 2.05) is 42.5 Å². The molecule has 2 heterocycles. The number of anilines is 1. The number of hydrogen-bond acceptors (Lipinski definition) is 6. The van der Waals surface area contributed by atoms with E-state index in [2.05, 4.69) is 10.3 Å². The fourth-order valence-corrected chi connectivity index (χ4v) is 5.39. The lowest BCUT2D eigenvalue weighted by molar-refractivity contribution is -0.113. The van der Waals surface area contributed by atoms with Gasteiger partial charge in [-0.15, -0.1) is 11.3 Å². The molecule has 7 heteroatoms. The first kappa shape index (κ1) is 16.9. The van der Waals surface area contributed by atoms with Crippen LogP contribution in [0.5, 0.6) is 11.5 Å². The van der Waals surface area contributed by atoms with Crippen molar-refractivity contribution in [2.75, 3.05) is 11.1 Å². The van der Waals surface area contributed by atoms with Gasteiger partial charge < -0.3 is 14.8 Å². The number of carbonyl (C=O) groups excluding carboxylic acids is 1. The molecule has 0 radical (unpaired) electrons. The van der Waals surface area contributed by atoms with Crippen molar-refractivity contribution in [3.8, 4) is 11.5 Å². The molecule has 3 aromatic rings. The van der Waals surface area contributed by atoms with Gasteiger partial charge in [0, 0.05) is 24.6 Å². The Labute approximate surface area is 165 Å². The molecule has 0 unspecified atom stereocenters. The van der Waals surface area contributed by atoms with Gasteiger partial charge >= 0.3 is 0 Å². The average Bonchev–Trinajstić information content (AvgIpc) is 3.37. The van der Waals surface area contributed by atoms with Gasteiger partial charge in [-0.1, -0.05) is 23.9 Å². The number of fused-ring (bicyclic) bond motifs is 2. The van der Waals surface area contributed by atoms with Crippen LogP contribution >= 0.6 is 23.1 Å². The van der Waals surface area contributed by atoms with Gasteiger partial charge in [0.2, 0.25) is 5.91 Å². The molecule has 0 saturated heterocycles. The average molecular weight is 399 g/mol. The van der Waals surface area contributed by atoms with Crippen molar-refractivity contribution in [2.45, 2.75) is 35.8 Å². The highest BCUT2D eigenvalue weighted by molar-refractivity contribution is 8.01. The number of benzene rings is 2. The molecular formula is C20H18N2O3S2. The molecule has 1 N–H and O–H groups in total. The second kappa shape index (κ2) is 6.73. The van der Waals surface area contributed by atoms with E-state index in [1.165, 1.54) is 11.8 Å². The van der Waals surface area contributed by atoms with Crippen LogP contribution in [-0.4, -0.2) is 22.4 Å². The van der Waals surface area contributed by atoms with Gasteiger partial charge in [-0.2, -0.15) is 0 Å². The van der Waals surface area contributed by atoms with Crippen molar-refractivity contribution in [1.29, 1.82) is 0 Å². The van der Waals surface area contributed by atoms with Gasteiger partial charge in [-0.05, 0) is 37.1 Å². The number of nitrogens with zero attached hydrogens (tertiary/aromatic N) is 1. The van der Waals surface area contributed by atoms with E-state index in [9.17, 15) is 4.79 Å². The Balaban J connectivity index is 1.21. The van der Waals surface area contributed by atoms with E-state index in [0.29, 0.717) is 11.5 Å². The molecule has 1 amide bonds. The maximum Gasteiger partial charge on any atom is 0.251 e. The summed E-state index contributed by atoms with van der Waals surface area (Å²) in [6.07, 6.45) is 4.09. The molecule has 2 aliphatic rings. The number of thiazole rings is 1. The van der Waals surface area contributed by atoms with Crippen LogP contribution in [0.4, 0.5) is 5.69 Å². The number of nitrogens with one attached hydrogen (secondary N) is 1. The SMILES string of the molecule is O=C(CSc1nc2ccccc2s1)Nc1ccc2c(c1)OC1(CCCC1)O2. The van der Waals surface area contributed by atoms with Crippen molar-refractivity contribution in [1.82, 2.24) is 4.98 Å². The van der Waals surface area contributed by atoms with Crippen LogP contribution in [0.15, 0.2) is 46.8 Å². The minimum absolute atomic E-state index is 0.0614. The smallest absolute Gasteiger partial charge is 0.251 e. The lowest BCUT2D eigenvalue weighted by Crippen LogP contribution is -2.34. The Morgan fingerprint density at radius 3 is 2.81 bits per heavy atom. The monoisotopic (exact) mass is 398 g/mol. The lowest BCUT2D eigenvalue weighted by atomic mass is 10.2. The summed E-state index contributed by atoms with van der Waals surface area (Å²) in [7, 11) is 0. The molecule has 5 rings (SSSR count). The van der Waals surface area contributed by atoms with Gasteiger partial charge in [0.15, 0.2) is 15.8 Å². The van der Waals surface area contributed by atoms with Crippen molar-refractivity contribution in [3.05, 3.63) is 42.5 Å². The van der Waals surface area contributed by atoms with Gasteiger partial charge in [-0.3, -0.25) is 4.79 Å². The second-order valence-corrected chi connectivity index (χ2v) is 9.02. The number of hydrogen-bond donors (Lipinski definition) is 1. The Bertz CT molecular complexity index is 978. The van der Waals surface area contributed by atoms with E-state index in [1.54, 1.807) is 11.3 Å². The summed E-state index contributed by atoms with van der Waals surface area (Å²) in [5.41, 5.74) is 1.70. The molecule has 1 saturated carbocycles. The van der Waals surface area contributed by atoms with Gasteiger partial charge in [0.05, 0.1) is 16.0 Å². The fraction of sp³-hybridized carbons (Fsp3) is 0.300.